The molecule has 0 amide bonds. The second-order valence-electron chi connectivity index (χ2n) is 2.34. The number of hydrogen-bond acceptors (Lipinski definition) is 1. The Hall–Kier alpha value is -0.610. The second kappa shape index (κ2) is 4.58. The van der Waals surface area contributed by atoms with E-state index in [-0.39, 0.29) is 11.7 Å². The Morgan fingerprint density at radius 3 is 2.85 bits per heavy atom. The minimum absolute atomic E-state index is 0.162. The van der Waals surface area contributed by atoms with Crippen LogP contribution in [0.15, 0.2) is 27.7 Å². The molecule has 0 saturated carbocycles. The lowest BCUT2D eigenvalue weighted by Gasteiger charge is -1.98. The van der Waals surface area contributed by atoms with E-state index in [0.717, 1.165) is 0 Å². The summed E-state index contributed by atoms with van der Waals surface area (Å²) in [6.45, 7) is 0. The van der Waals surface area contributed by atoms with E-state index in [0.29, 0.717) is 16.0 Å². The van der Waals surface area contributed by atoms with Crippen molar-refractivity contribution in [3.63, 3.8) is 0 Å². The van der Waals surface area contributed by atoms with Gasteiger partial charge in [-0.2, -0.15) is 0 Å². The number of nitrogens with zero attached hydrogens (tertiary/aromatic N) is 1. The molecule has 0 aromatic heterocycles. The maximum atomic E-state index is 12.8. The molecule has 1 aromatic carbocycles. The van der Waals surface area contributed by atoms with E-state index in [1.165, 1.54) is 18.2 Å². The van der Waals surface area contributed by atoms with Crippen LogP contribution < -0.4 is 5.73 Å². The van der Waals surface area contributed by atoms with Crippen LogP contribution in [0.5, 0.6) is 0 Å². The molecular weight excluding hydrogens is 258 g/mol. The Morgan fingerprint density at radius 2 is 2.31 bits per heavy atom. The molecule has 0 aliphatic rings. The molecule has 13 heavy (non-hydrogen) atoms. The van der Waals surface area contributed by atoms with Crippen molar-refractivity contribution in [2.45, 2.75) is 0 Å². The predicted molar refractivity (Wildman–Crippen MR) is 56.1 cm³/mol. The number of nitrogens with two attached hydrogens (primary N) is 1. The van der Waals surface area contributed by atoms with Gasteiger partial charge in [-0.1, -0.05) is 0 Å². The van der Waals surface area contributed by atoms with Gasteiger partial charge >= 0.3 is 0 Å². The normalized spacial score (nSPS) is 11.8. The summed E-state index contributed by atoms with van der Waals surface area (Å²) < 4.78 is 13.1. The molecule has 1 aromatic rings. The van der Waals surface area contributed by atoms with Crippen molar-refractivity contribution in [3.8, 4) is 0 Å². The molecule has 0 unspecified atom stereocenters. The Labute approximate surface area is 88.7 Å². The van der Waals surface area contributed by atoms with Crippen LogP contribution in [0.25, 0.3) is 0 Å². The first-order valence-electron chi connectivity index (χ1n) is 3.47. The first kappa shape index (κ1) is 10.5. The number of amidine groups is 1. The third-order valence-electron chi connectivity index (χ3n) is 1.31. The molecule has 0 radical (unpaired) electrons. The first-order valence-corrected chi connectivity index (χ1v) is 4.80. The fourth-order valence-corrected chi connectivity index (χ4v) is 1.18. The average Bonchev–Trinajstić information content (AvgIpc) is 2.11. The minimum Gasteiger partial charge on any atom is -0.386 e. The number of benzene rings is 1. The van der Waals surface area contributed by atoms with Gasteiger partial charge in [0.1, 0.15) is 11.7 Å². The largest absolute Gasteiger partial charge is 0.386 e. The summed E-state index contributed by atoms with van der Waals surface area (Å²) in [5, 5.41) is 0. The molecule has 2 N–H and O–H groups in total. The van der Waals surface area contributed by atoms with Crippen LogP contribution in [-0.2, 0) is 0 Å². The molecule has 70 valence electrons. The summed E-state index contributed by atoms with van der Waals surface area (Å²) in [7, 11) is 0. The summed E-state index contributed by atoms with van der Waals surface area (Å²) in [6.07, 6.45) is 0. The third kappa shape index (κ3) is 2.97. The van der Waals surface area contributed by atoms with E-state index in [4.69, 9.17) is 17.3 Å². The van der Waals surface area contributed by atoms with Crippen LogP contribution in [0.2, 0.25) is 0 Å². The van der Waals surface area contributed by atoms with E-state index >= 15 is 0 Å². The Morgan fingerprint density at radius 1 is 1.62 bits per heavy atom. The predicted octanol–water partition coefficient (Wildman–Crippen LogP) is 2.82. The summed E-state index contributed by atoms with van der Waals surface area (Å²) in [5.41, 5.74) is 5.98. The number of aliphatic imine (C=N–C) groups is 1. The van der Waals surface area contributed by atoms with Gasteiger partial charge in [-0.3, -0.25) is 0 Å². The van der Waals surface area contributed by atoms with Crippen LogP contribution in [0.1, 0.15) is 0 Å². The first-order chi connectivity index (χ1) is 6.13. The fraction of sp³-hybridized carbons (Fsp3) is 0.125. The molecule has 0 heterocycles. The maximum absolute atomic E-state index is 12.8. The minimum atomic E-state index is -0.330. The molecule has 0 fully saturated rings. The van der Waals surface area contributed by atoms with Crippen molar-refractivity contribution in [2.24, 2.45) is 10.7 Å². The topological polar surface area (TPSA) is 38.4 Å². The van der Waals surface area contributed by atoms with Crippen LogP contribution >= 0.6 is 27.5 Å². The van der Waals surface area contributed by atoms with Crippen molar-refractivity contribution in [1.82, 2.24) is 0 Å². The summed E-state index contributed by atoms with van der Waals surface area (Å²) >= 11 is 8.47. The highest BCUT2D eigenvalue weighted by molar-refractivity contribution is 9.10. The van der Waals surface area contributed by atoms with Gasteiger partial charge in [0.05, 0.1) is 16.0 Å². The number of halogens is 3. The monoisotopic (exact) mass is 264 g/mol. The Bertz CT molecular complexity index is 341. The lowest BCUT2D eigenvalue weighted by Crippen LogP contribution is -2.12. The van der Waals surface area contributed by atoms with Crippen molar-refractivity contribution in [1.29, 1.82) is 0 Å². The quantitative estimate of drug-likeness (QED) is 0.498. The molecule has 5 heteroatoms. The van der Waals surface area contributed by atoms with Gasteiger partial charge in [-0.05, 0) is 34.1 Å². The van der Waals surface area contributed by atoms with Crippen molar-refractivity contribution >= 4 is 39.1 Å². The molecule has 0 saturated heterocycles. The van der Waals surface area contributed by atoms with E-state index in [2.05, 4.69) is 20.9 Å². The summed E-state index contributed by atoms with van der Waals surface area (Å²) in [5.74, 6) is 0.137. The van der Waals surface area contributed by atoms with E-state index < -0.39 is 0 Å². The van der Waals surface area contributed by atoms with Crippen LogP contribution in [-0.4, -0.2) is 11.7 Å². The van der Waals surface area contributed by atoms with Crippen molar-refractivity contribution < 1.29 is 4.39 Å². The van der Waals surface area contributed by atoms with Crippen LogP contribution in [0.3, 0.4) is 0 Å². The lowest BCUT2D eigenvalue weighted by molar-refractivity contribution is 0.621. The highest BCUT2D eigenvalue weighted by Gasteiger charge is 1.99. The lowest BCUT2D eigenvalue weighted by atomic mass is 10.3. The highest BCUT2D eigenvalue weighted by atomic mass is 79.9. The second-order valence-corrected chi connectivity index (χ2v) is 3.46. The number of rotatable bonds is 2. The molecule has 0 spiro atoms. The van der Waals surface area contributed by atoms with E-state index in [9.17, 15) is 4.39 Å². The number of hydrogen-bond donors (Lipinski definition) is 1. The molecule has 2 nitrogen and oxygen atoms in total. The van der Waals surface area contributed by atoms with Gasteiger partial charge in [0.25, 0.3) is 0 Å². The average molecular weight is 266 g/mol. The number of alkyl halides is 1. The molecule has 0 atom stereocenters. The molecule has 0 bridgehead atoms. The molecule has 0 aliphatic carbocycles. The maximum Gasteiger partial charge on any atom is 0.137 e. The zero-order valence-electron chi connectivity index (χ0n) is 6.60. The van der Waals surface area contributed by atoms with Crippen molar-refractivity contribution in [3.05, 3.63) is 28.5 Å². The van der Waals surface area contributed by atoms with Gasteiger partial charge in [-0.15, -0.1) is 11.6 Å². The molecular formula is C8H7BrClFN2. The molecule has 0 aliphatic heterocycles. The highest BCUT2D eigenvalue weighted by Crippen LogP contribution is 2.21. The van der Waals surface area contributed by atoms with E-state index in [1.807, 2.05) is 0 Å². The van der Waals surface area contributed by atoms with E-state index in [1.54, 1.807) is 0 Å². The van der Waals surface area contributed by atoms with Gasteiger partial charge < -0.3 is 5.73 Å². The van der Waals surface area contributed by atoms with Crippen LogP contribution in [0.4, 0.5) is 10.1 Å². The Kier molecular flexibility index (Phi) is 3.69. The van der Waals surface area contributed by atoms with Gasteiger partial charge in [0.2, 0.25) is 0 Å². The SMILES string of the molecule is NC(CCl)=Nc1ccc(F)c(Br)c1. The van der Waals surface area contributed by atoms with Gasteiger partial charge in [-0.25, -0.2) is 9.38 Å². The summed E-state index contributed by atoms with van der Waals surface area (Å²) in [4.78, 5) is 3.95. The third-order valence-corrected chi connectivity index (χ3v) is 2.19. The zero-order valence-corrected chi connectivity index (χ0v) is 8.94. The van der Waals surface area contributed by atoms with Gasteiger partial charge in [0.15, 0.2) is 0 Å². The smallest absolute Gasteiger partial charge is 0.137 e. The fourth-order valence-electron chi connectivity index (χ4n) is 0.750. The Balaban J connectivity index is 2.98. The summed E-state index contributed by atoms with van der Waals surface area (Å²) in [6, 6.07) is 4.37. The standard InChI is InChI=1S/C8H7BrClFN2/c9-6-3-5(1-2-7(6)11)13-8(12)4-10/h1-3H,4H2,(H2,12,13). The van der Waals surface area contributed by atoms with Crippen LogP contribution in [0, 0.1) is 5.82 Å². The molecule has 1 rings (SSSR count). The van der Waals surface area contributed by atoms with Crippen molar-refractivity contribution in [2.75, 3.05) is 5.88 Å². The van der Waals surface area contributed by atoms with Gasteiger partial charge in [0, 0.05) is 0 Å². The zero-order chi connectivity index (χ0) is 9.84.